The molecule has 0 saturated heterocycles. The minimum atomic E-state index is -1.66. The normalized spacial score (nSPS) is 31.5. The number of aliphatic hydroxyl groups excluding tert-OH is 1. The molecule has 0 heterocycles. The minimum Gasteiger partial charge on any atom is -0.478 e. The molecule has 0 amide bonds. The van der Waals surface area contributed by atoms with Crippen LogP contribution < -0.4 is 0 Å². The highest BCUT2D eigenvalue weighted by atomic mass is 16.4. The topological polar surface area (TPSA) is 102 Å². The zero-order chi connectivity index (χ0) is 10.8. The van der Waals surface area contributed by atoms with Crippen molar-refractivity contribution in [3.8, 4) is 6.07 Å². The van der Waals surface area contributed by atoms with Crippen molar-refractivity contribution < 1.29 is 20.1 Å². The summed E-state index contributed by atoms with van der Waals surface area (Å²) in [5.41, 5.74) is -1.42. The Labute approximate surface area is 80.2 Å². The van der Waals surface area contributed by atoms with E-state index in [0.717, 1.165) is 12.2 Å². The fraction of sp³-hybridized carbons (Fsp3) is 0.333. The first kappa shape index (κ1) is 10.4. The van der Waals surface area contributed by atoms with E-state index in [2.05, 4.69) is 0 Å². The van der Waals surface area contributed by atoms with Crippen LogP contribution in [0.1, 0.15) is 6.42 Å². The van der Waals surface area contributed by atoms with Gasteiger partial charge < -0.3 is 15.3 Å². The molecule has 74 valence electrons. The fourth-order valence-corrected chi connectivity index (χ4v) is 1.25. The van der Waals surface area contributed by atoms with Crippen LogP contribution in [-0.4, -0.2) is 33.0 Å². The van der Waals surface area contributed by atoms with Crippen LogP contribution in [0, 0.1) is 11.3 Å². The molecule has 0 aliphatic heterocycles. The second-order valence-corrected chi connectivity index (χ2v) is 3.09. The van der Waals surface area contributed by atoms with Crippen molar-refractivity contribution in [3.05, 3.63) is 23.8 Å². The van der Waals surface area contributed by atoms with Crippen molar-refractivity contribution in [2.75, 3.05) is 0 Å². The van der Waals surface area contributed by atoms with E-state index in [-0.39, 0.29) is 12.0 Å². The number of hydrogen-bond acceptors (Lipinski definition) is 4. The molecule has 1 aliphatic rings. The predicted molar refractivity (Wildman–Crippen MR) is 46.0 cm³/mol. The van der Waals surface area contributed by atoms with Gasteiger partial charge in [0.05, 0.1) is 6.07 Å². The van der Waals surface area contributed by atoms with Crippen LogP contribution in [0.15, 0.2) is 23.8 Å². The van der Waals surface area contributed by atoms with Gasteiger partial charge in [-0.3, -0.25) is 0 Å². The molecule has 1 rings (SSSR count). The number of carboxylic acids is 1. The van der Waals surface area contributed by atoms with E-state index >= 15 is 0 Å². The van der Waals surface area contributed by atoms with Gasteiger partial charge >= 0.3 is 5.97 Å². The molecule has 1 aliphatic carbocycles. The van der Waals surface area contributed by atoms with Crippen molar-refractivity contribution in [2.45, 2.75) is 18.1 Å². The summed E-state index contributed by atoms with van der Waals surface area (Å²) in [6.45, 7) is 0. The predicted octanol–water partition coefficient (Wildman–Crippen LogP) is -0.427. The summed E-state index contributed by atoms with van der Waals surface area (Å²) in [4.78, 5) is 10.2. The number of nitrogens with zero attached hydrogens (tertiary/aromatic N) is 1. The van der Waals surface area contributed by atoms with Crippen LogP contribution in [0.2, 0.25) is 0 Å². The van der Waals surface area contributed by atoms with E-state index in [4.69, 9.17) is 10.4 Å². The van der Waals surface area contributed by atoms with E-state index in [9.17, 15) is 15.0 Å². The minimum absolute atomic E-state index is 0.0611. The first-order valence-electron chi connectivity index (χ1n) is 3.91. The summed E-state index contributed by atoms with van der Waals surface area (Å²) in [6.07, 6.45) is 1.66. The number of aliphatic hydroxyl groups is 2. The molecule has 2 unspecified atom stereocenters. The Hall–Kier alpha value is -1.64. The molecule has 14 heavy (non-hydrogen) atoms. The highest BCUT2D eigenvalue weighted by molar-refractivity contribution is 5.80. The molecular weight excluding hydrogens is 186 g/mol. The van der Waals surface area contributed by atoms with Crippen LogP contribution in [0.25, 0.3) is 0 Å². The lowest BCUT2D eigenvalue weighted by atomic mass is 9.97. The van der Waals surface area contributed by atoms with Gasteiger partial charge in [-0.15, -0.1) is 0 Å². The van der Waals surface area contributed by atoms with Gasteiger partial charge in [0.15, 0.2) is 0 Å². The van der Waals surface area contributed by atoms with Crippen molar-refractivity contribution in [3.63, 3.8) is 0 Å². The molecule has 0 aromatic heterocycles. The average Bonchev–Trinajstić information content (AvgIpc) is 2.40. The van der Waals surface area contributed by atoms with Crippen molar-refractivity contribution in [2.24, 2.45) is 0 Å². The fourth-order valence-electron chi connectivity index (χ4n) is 1.25. The van der Waals surface area contributed by atoms with E-state index in [1.807, 2.05) is 0 Å². The lowest BCUT2D eigenvalue weighted by Crippen LogP contribution is -2.35. The Morgan fingerprint density at radius 3 is 2.86 bits per heavy atom. The van der Waals surface area contributed by atoms with Crippen LogP contribution >= 0.6 is 0 Å². The third kappa shape index (κ3) is 1.99. The molecule has 0 spiro atoms. The van der Waals surface area contributed by atoms with Crippen molar-refractivity contribution >= 4 is 5.97 Å². The number of carboxylic acid groups (broad SMARTS) is 1. The van der Waals surface area contributed by atoms with Gasteiger partial charge in [-0.05, 0) is 12.2 Å². The quantitative estimate of drug-likeness (QED) is 0.519. The van der Waals surface area contributed by atoms with Gasteiger partial charge in [-0.2, -0.15) is 5.26 Å². The summed E-state index contributed by atoms with van der Waals surface area (Å²) < 4.78 is 0. The van der Waals surface area contributed by atoms with Gasteiger partial charge in [0.2, 0.25) is 0 Å². The van der Waals surface area contributed by atoms with Crippen LogP contribution in [0.4, 0.5) is 0 Å². The van der Waals surface area contributed by atoms with E-state index < -0.39 is 17.7 Å². The van der Waals surface area contributed by atoms with Gasteiger partial charge in [0.25, 0.3) is 0 Å². The Bertz CT molecular complexity index is 352. The summed E-state index contributed by atoms with van der Waals surface area (Å²) >= 11 is 0. The molecule has 0 saturated carbocycles. The van der Waals surface area contributed by atoms with E-state index in [1.165, 1.54) is 6.08 Å². The molecular formula is C9H9NO4. The lowest BCUT2D eigenvalue weighted by Gasteiger charge is -2.21. The summed E-state index contributed by atoms with van der Waals surface area (Å²) in [5.74, 6) is -1.21. The summed E-state index contributed by atoms with van der Waals surface area (Å²) in [7, 11) is 0. The van der Waals surface area contributed by atoms with Gasteiger partial charge in [-0.1, -0.05) is 0 Å². The molecule has 2 atom stereocenters. The van der Waals surface area contributed by atoms with E-state index in [1.54, 1.807) is 6.07 Å². The molecule has 5 nitrogen and oxygen atoms in total. The number of carbonyl (C=O) groups is 1. The van der Waals surface area contributed by atoms with E-state index in [0.29, 0.717) is 0 Å². The second kappa shape index (κ2) is 3.62. The smallest absolute Gasteiger partial charge is 0.328 e. The van der Waals surface area contributed by atoms with Crippen LogP contribution in [0.3, 0.4) is 0 Å². The average molecular weight is 195 g/mol. The Morgan fingerprint density at radius 2 is 2.43 bits per heavy atom. The maximum atomic E-state index is 10.2. The molecule has 0 aromatic carbocycles. The van der Waals surface area contributed by atoms with Gasteiger partial charge in [0.1, 0.15) is 11.7 Å². The number of nitriles is 1. The Morgan fingerprint density at radius 1 is 1.79 bits per heavy atom. The summed E-state index contributed by atoms with van der Waals surface area (Å²) in [6, 6.07) is 1.80. The van der Waals surface area contributed by atoms with Gasteiger partial charge in [0, 0.05) is 18.1 Å². The molecule has 0 aromatic rings. The van der Waals surface area contributed by atoms with Crippen molar-refractivity contribution in [1.29, 1.82) is 5.26 Å². The SMILES string of the molecule is N#CC1=CC(O)C(O)(/C=C/C(=O)O)C1. The Balaban J connectivity index is 2.81. The molecule has 0 fully saturated rings. The largest absolute Gasteiger partial charge is 0.478 e. The monoisotopic (exact) mass is 195 g/mol. The molecule has 0 radical (unpaired) electrons. The van der Waals surface area contributed by atoms with Crippen LogP contribution in [-0.2, 0) is 4.79 Å². The first-order valence-corrected chi connectivity index (χ1v) is 3.91. The molecule has 5 heteroatoms. The summed E-state index contributed by atoms with van der Waals surface area (Å²) in [5, 5.41) is 35.9. The zero-order valence-electron chi connectivity index (χ0n) is 7.21. The van der Waals surface area contributed by atoms with Crippen molar-refractivity contribution in [1.82, 2.24) is 0 Å². The maximum Gasteiger partial charge on any atom is 0.328 e. The van der Waals surface area contributed by atoms with Crippen LogP contribution in [0.5, 0.6) is 0 Å². The second-order valence-electron chi connectivity index (χ2n) is 3.09. The number of hydrogen-bond donors (Lipinski definition) is 3. The molecule has 0 bridgehead atoms. The van der Waals surface area contributed by atoms with Gasteiger partial charge in [-0.25, -0.2) is 4.79 Å². The molecule has 3 N–H and O–H groups in total. The standard InChI is InChI=1S/C9H9NO4/c10-5-6-3-7(11)9(14,4-6)2-1-8(12)13/h1-3,7,11,14H,4H2,(H,12,13)/b2-1+. The third-order valence-electron chi connectivity index (χ3n) is 2.00. The maximum absolute atomic E-state index is 10.2. The zero-order valence-corrected chi connectivity index (χ0v) is 7.21. The Kier molecular flexibility index (Phi) is 2.70. The highest BCUT2D eigenvalue weighted by Gasteiger charge is 2.38. The lowest BCUT2D eigenvalue weighted by molar-refractivity contribution is -0.131. The number of rotatable bonds is 2. The third-order valence-corrected chi connectivity index (χ3v) is 2.00. The highest BCUT2D eigenvalue weighted by Crippen LogP contribution is 2.30. The first-order chi connectivity index (χ1) is 6.48. The number of aliphatic carboxylic acids is 1.